The second kappa shape index (κ2) is 6.66. The molecule has 1 heterocycles. The van der Waals surface area contributed by atoms with E-state index in [0.717, 1.165) is 6.07 Å². The summed E-state index contributed by atoms with van der Waals surface area (Å²) >= 11 is 0. The monoisotopic (exact) mass is 316 g/mol. The van der Waals surface area contributed by atoms with Crippen molar-refractivity contribution in [3.8, 4) is 0 Å². The molecule has 122 valence electrons. The number of hydrogen-bond donors (Lipinski definition) is 2. The van der Waals surface area contributed by atoms with Crippen LogP contribution in [0.3, 0.4) is 0 Å². The Morgan fingerprint density at radius 1 is 1.32 bits per heavy atom. The van der Waals surface area contributed by atoms with Crippen LogP contribution in [0.1, 0.15) is 24.0 Å². The molecular formula is C15H19F3N2O2. The number of aliphatic hydroxyl groups is 1. The van der Waals surface area contributed by atoms with E-state index in [9.17, 15) is 23.1 Å². The summed E-state index contributed by atoms with van der Waals surface area (Å²) in [4.78, 5) is 12.9. The zero-order valence-electron chi connectivity index (χ0n) is 12.0. The van der Waals surface area contributed by atoms with Gasteiger partial charge in [0, 0.05) is 6.54 Å². The highest BCUT2D eigenvalue weighted by molar-refractivity contribution is 5.78. The molecule has 0 saturated carbocycles. The van der Waals surface area contributed by atoms with Crippen LogP contribution >= 0.6 is 0 Å². The molecule has 1 amide bonds. The molecule has 2 rings (SSSR count). The van der Waals surface area contributed by atoms with E-state index in [0.29, 0.717) is 25.9 Å². The fraction of sp³-hybridized carbons (Fsp3) is 0.533. The topological polar surface area (TPSA) is 66.6 Å². The fourth-order valence-corrected chi connectivity index (χ4v) is 2.83. The molecule has 0 spiro atoms. The molecule has 4 nitrogen and oxygen atoms in total. The van der Waals surface area contributed by atoms with E-state index in [-0.39, 0.29) is 18.0 Å². The quantitative estimate of drug-likeness (QED) is 0.889. The van der Waals surface area contributed by atoms with Crippen LogP contribution in [-0.2, 0) is 17.5 Å². The van der Waals surface area contributed by atoms with Gasteiger partial charge in [0.15, 0.2) is 0 Å². The molecule has 1 fully saturated rings. The van der Waals surface area contributed by atoms with Crippen LogP contribution in [-0.4, -0.2) is 35.1 Å². The largest absolute Gasteiger partial charge is 0.416 e. The highest BCUT2D eigenvalue weighted by Crippen LogP contribution is 2.33. The standard InChI is InChI=1S/C15H19F3N2O2/c16-15(17,18)12-4-2-1-3-11(12)9-20-7-5-10(6-8-20)13(21)14(19)22/h1-4,10,13,21H,5-9H2,(H2,19,22). The number of carbonyl (C=O) groups is 1. The van der Waals surface area contributed by atoms with Gasteiger partial charge in [-0.1, -0.05) is 18.2 Å². The van der Waals surface area contributed by atoms with E-state index in [2.05, 4.69) is 0 Å². The lowest BCUT2D eigenvalue weighted by atomic mass is 9.90. The summed E-state index contributed by atoms with van der Waals surface area (Å²) in [5.74, 6) is -0.965. The van der Waals surface area contributed by atoms with Gasteiger partial charge in [-0.15, -0.1) is 0 Å². The van der Waals surface area contributed by atoms with Crippen LogP contribution in [0.25, 0.3) is 0 Å². The number of nitrogens with two attached hydrogens (primary N) is 1. The summed E-state index contributed by atoms with van der Waals surface area (Å²) in [5.41, 5.74) is 4.69. The van der Waals surface area contributed by atoms with Gasteiger partial charge in [0.25, 0.3) is 0 Å². The number of benzene rings is 1. The Hall–Kier alpha value is -1.60. The summed E-state index contributed by atoms with van der Waals surface area (Å²) in [6.45, 7) is 1.26. The van der Waals surface area contributed by atoms with Crippen molar-refractivity contribution in [1.82, 2.24) is 4.90 Å². The molecule has 3 N–H and O–H groups in total. The van der Waals surface area contributed by atoms with E-state index in [4.69, 9.17) is 5.73 Å². The molecule has 1 atom stereocenters. The zero-order valence-corrected chi connectivity index (χ0v) is 12.0. The molecule has 22 heavy (non-hydrogen) atoms. The van der Waals surface area contributed by atoms with Gasteiger partial charge in [-0.3, -0.25) is 9.69 Å². The van der Waals surface area contributed by atoms with Gasteiger partial charge < -0.3 is 10.8 Å². The zero-order chi connectivity index (χ0) is 16.3. The van der Waals surface area contributed by atoms with E-state index in [1.807, 2.05) is 4.90 Å². The molecule has 0 aliphatic carbocycles. The molecule has 0 bridgehead atoms. The summed E-state index contributed by atoms with van der Waals surface area (Å²) in [5, 5.41) is 9.64. The van der Waals surface area contributed by atoms with Crippen molar-refractivity contribution in [3.05, 3.63) is 35.4 Å². The minimum Gasteiger partial charge on any atom is -0.383 e. The number of piperidine rings is 1. The van der Waals surface area contributed by atoms with Crippen molar-refractivity contribution in [2.75, 3.05) is 13.1 Å². The molecule has 7 heteroatoms. The maximum atomic E-state index is 13.0. The maximum absolute atomic E-state index is 13.0. The van der Waals surface area contributed by atoms with Gasteiger partial charge in [-0.2, -0.15) is 13.2 Å². The molecule has 1 saturated heterocycles. The Morgan fingerprint density at radius 2 is 1.91 bits per heavy atom. The highest BCUT2D eigenvalue weighted by atomic mass is 19.4. The summed E-state index contributed by atoms with van der Waals surface area (Å²) < 4.78 is 38.9. The van der Waals surface area contributed by atoms with Crippen molar-refractivity contribution in [3.63, 3.8) is 0 Å². The SMILES string of the molecule is NC(=O)C(O)C1CCN(Cc2ccccc2C(F)(F)F)CC1. The minimum absolute atomic E-state index is 0.203. The van der Waals surface area contributed by atoms with Gasteiger partial charge in [0.2, 0.25) is 5.91 Å². The van der Waals surface area contributed by atoms with Gasteiger partial charge in [-0.05, 0) is 43.5 Å². The summed E-state index contributed by atoms with van der Waals surface area (Å²) in [6, 6.07) is 5.53. The summed E-state index contributed by atoms with van der Waals surface area (Å²) in [6.07, 6.45) is -4.46. The van der Waals surface area contributed by atoms with E-state index in [1.165, 1.54) is 12.1 Å². The number of halogens is 3. The van der Waals surface area contributed by atoms with Crippen molar-refractivity contribution >= 4 is 5.91 Å². The van der Waals surface area contributed by atoms with Gasteiger partial charge in [0.1, 0.15) is 6.10 Å². The first-order chi connectivity index (χ1) is 10.3. The number of primary amides is 1. The molecule has 0 radical (unpaired) electrons. The highest BCUT2D eigenvalue weighted by Gasteiger charge is 2.34. The average Bonchev–Trinajstić information content (AvgIpc) is 2.46. The van der Waals surface area contributed by atoms with Gasteiger partial charge in [0.05, 0.1) is 5.56 Å². The molecule has 1 aliphatic heterocycles. The van der Waals surface area contributed by atoms with E-state index >= 15 is 0 Å². The van der Waals surface area contributed by atoms with Crippen LogP contribution in [0.5, 0.6) is 0 Å². The first-order valence-corrected chi connectivity index (χ1v) is 7.14. The lowest BCUT2D eigenvalue weighted by molar-refractivity contribution is -0.138. The van der Waals surface area contributed by atoms with Crippen LogP contribution in [0.4, 0.5) is 13.2 Å². The lowest BCUT2D eigenvalue weighted by Crippen LogP contribution is -2.42. The van der Waals surface area contributed by atoms with Gasteiger partial charge in [-0.25, -0.2) is 0 Å². The van der Waals surface area contributed by atoms with Crippen molar-refractivity contribution < 1.29 is 23.1 Å². The molecular weight excluding hydrogens is 297 g/mol. The van der Waals surface area contributed by atoms with Crippen LogP contribution < -0.4 is 5.73 Å². The Bertz CT molecular complexity index is 526. The van der Waals surface area contributed by atoms with E-state index in [1.54, 1.807) is 6.07 Å². The predicted octanol–water partition coefficient (Wildman–Crippen LogP) is 1.76. The third kappa shape index (κ3) is 3.98. The number of hydrogen-bond acceptors (Lipinski definition) is 3. The lowest BCUT2D eigenvalue weighted by Gasteiger charge is -2.33. The van der Waals surface area contributed by atoms with E-state index < -0.39 is 23.8 Å². The number of aliphatic hydroxyl groups excluding tert-OH is 1. The normalized spacial score (nSPS) is 19.1. The smallest absolute Gasteiger partial charge is 0.383 e. The maximum Gasteiger partial charge on any atom is 0.416 e. The molecule has 1 aromatic rings. The van der Waals surface area contributed by atoms with Crippen molar-refractivity contribution in [1.29, 1.82) is 0 Å². The second-order valence-electron chi connectivity index (χ2n) is 5.62. The van der Waals surface area contributed by atoms with Gasteiger partial charge >= 0.3 is 6.18 Å². The first kappa shape index (κ1) is 16.8. The van der Waals surface area contributed by atoms with Crippen molar-refractivity contribution in [2.24, 2.45) is 11.7 Å². The third-order valence-corrected chi connectivity index (χ3v) is 4.09. The first-order valence-electron chi connectivity index (χ1n) is 7.14. The average molecular weight is 316 g/mol. The molecule has 1 unspecified atom stereocenters. The fourth-order valence-electron chi connectivity index (χ4n) is 2.83. The van der Waals surface area contributed by atoms with Crippen LogP contribution in [0, 0.1) is 5.92 Å². The Labute approximate surface area is 126 Å². The Balaban J connectivity index is 1.99. The molecule has 1 aliphatic rings. The predicted molar refractivity (Wildman–Crippen MR) is 74.6 cm³/mol. The Morgan fingerprint density at radius 3 is 2.45 bits per heavy atom. The van der Waals surface area contributed by atoms with Crippen molar-refractivity contribution in [2.45, 2.75) is 31.7 Å². The number of likely N-dealkylation sites (tertiary alicyclic amines) is 1. The third-order valence-electron chi connectivity index (χ3n) is 4.09. The number of rotatable bonds is 4. The second-order valence-corrected chi connectivity index (χ2v) is 5.62. The van der Waals surface area contributed by atoms with Crippen LogP contribution in [0.15, 0.2) is 24.3 Å². The van der Waals surface area contributed by atoms with Crippen LogP contribution in [0.2, 0.25) is 0 Å². The molecule has 0 aromatic heterocycles. The Kier molecular flexibility index (Phi) is 5.08. The number of carbonyl (C=O) groups excluding carboxylic acids is 1. The number of alkyl halides is 3. The number of amides is 1. The minimum atomic E-state index is -4.36. The summed E-state index contributed by atoms with van der Waals surface area (Å²) in [7, 11) is 0. The molecule has 1 aromatic carbocycles. The number of nitrogens with zero attached hydrogens (tertiary/aromatic N) is 1.